The van der Waals surface area contributed by atoms with E-state index in [-0.39, 0.29) is 5.91 Å². The van der Waals surface area contributed by atoms with Gasteiger partial charge in [-0.1, -0.05) is 13.3 Å². The van der Waals surface area contributed by atoms with Gasteiger partial charge in [0.1, 0.15) is 0 Å². The smallest absolute Gasteiger partial charge is 0.251 e. The molecule has 0 fully saturated rings. The van der Waals surface area contributed by atoms with E-state index in [2.05, 4.69) is 17.2 Å². The average molecular weight is 234 g/mol. The second-order valence-corrected chi connectivity index (χ2v) is 4.53. The summed E-state index contributed by atoms with van der Waals surface area (Å²) in [6.07, 6.45) is 2.11. The third-order valence-electron chi connectivity index (χ3n) is 2.41. The van der Waals surface area contributed by atoms with Gasteiger partial charge in [-0.25, -0.2) is 4.98 Å². The minimum atomic E-state index is 0.00347. The molecule has 84 valence electrons. The van der Waals surface area contributed by atoms with Crippen molar-refractivity contribution in [2.75, 3.05) is 6.54 Å². The van der Waals surface area contributed by atoms with E-state index in [1.165, 1.54) is 0 Å². The van der Waals surface area contributed by atoms with Gasteiger partial charge in [0.2, 0.25) is 0 Å². The number of unbranched alkanes of at least 4 members (excludes halogenated alkanes) is 1. The second kappa shape index (κ2) is 5.07. The maximum atomic E-state index is 11.8. The highest BCUT2D eigenvalue weighted by molar-refractivity contribution is 7.16. The summed E-state index contributed by atoms with van der Waals surface area (Å²) in [5.74, 6) is 0.00347. The van der Waals surface area contributed by atoms with E-state index in [1.807, 2.05) is 18.2 Å². The summed E-state index contributed by atoms with van der Waals surface area (Å²) in [6.45, 7) is 2.85. The monoisotopic (exact) mass is 234 g/mol. The molecule has 0 spiro atoms. The number of carbonyl (C=O) groups excluding carboxylic acids is 1. The molecule has 1 aromatic carbocycles. The number of hydrogen-bond donors (Lipinski definition) is 1. The highest BCUT2D eigenvalue weighted by Gasteiger charge is 2.06. The Kier molecular flexibility index (Phi) is 3.51. The van der Waals surface area contributed by atoms with Crippen molar-refractivity contribution in [3.8, 4) is 0 Å². The standard InChI is InChI=1S/C12H14N2OS/c1-2-3-6-13-12(15)9-4-5-10-11(7-9)16-8-14-10/h4-5,7-8H,2-3,6H2,1H3,(H,13,15). The SMILES string of the molecule is CCCCNC(=O)c1ccc2ncsc2c1. The number of hydrogen-bond acceptors (Lipinski definition) is 3. The fraction of sp³-hybridized carbons (Fsp3) is 0.333. The zero-order chi connectivity index (χ0) is 11.4. The molecule has 0 saturated carbocycles. The molecule has 0 aliphatic heterocycles. The number of carbonyl (C=O) groups is 1. The lowest BCUT2D eigenvalue weighted by Gasteiger charge is -2.03. The fourth-order valence-electron chi connectivity index (χ4n) is 1.48. The highest BCUT2D eigenvalue weighted by atomic mass is 32.1. The Morgan fingerprint density at radius 3 is 3.19 bits per heavy atom. The van der Waals surface area contributed by atoms with Crippen LogP contribution in [0.1, 0.15) is 30.1 Å². The van der Waals surface area contributed by atoms with Crippen molar-refractivity contribution in [3.05, 3.63) is 29.3 Å². The summed E-state index contributed by atoms with van der Waals surface area (Å²) in [5, 5.41) is 2.90. The van der Waals surface area contributed by atoms with Gasteiger partial charge in [0.05, 0.1) is 15.7 Å². The van der Waals surface area contributed by atoms with Crippen LogP contribution < -0.4 is 5.32 Å². The first-order valence-electron chi connectivity index (χ1n) is 5.42. The molecule has 0 atom stereocenters. The molecule has 0 unspecified atom stereocenters. The zero-order valence-electron chi connectivity index (χ0n) is 9.19. The first kappa shape index (κ1) is 11.1. The van der Waals surface area contributed by atoms with E-state index in [1.54, 1.807) is 16.8 Å². The molecule has 0 bridgehead atoms. The van der Waals surface area contributed by atoms with Crippen LogP contribution in [0.3, 0.4) is 0 Å². The van der Waals surface area contributed by atoms with Crippen molar-refractivity contribution in [2.45, 2.75) is 19.8 Å². The van der Waals surface area contributed by atoms with Gasteiger partial charge in [-0.3, -0.25) is 4.79 Å². The molecule has 0 aliphatic carbocycles. The van der Waals surface area contributed by atoms with Gasteiger partial charge in [-0.15, -0.1) is 11.3 Å². The third-order valence-corrected chi connectivity index (χ3v) is 3.20. The number of nitrogens with one attached hydrogen (secondary N) is 1. The molecular formula is C12H14N2OS. The number of rotatable bonds is 4. The van der Waals surface area contributed by atoms with Crippen molar-refractivity contribution in [1.82, 2.24) is 10.3 Å². The second-order valence-electron chi connectivity index (χ2n) is 3.64. The summed E-state index contributed by atoms with van der Waals surface area (Å²) in [6, 6.07) is 5.61. The number of amides is 1. The summed E-state index contributed by atoms with van der Waals surface area (Å²) >= 11 is 1.56. The molecule has 4 heteroatoms. The Morgan fingerprint density at radius 1 is 1.50 bits per heavy atom. The zero-order valence-corrected chi connectivity index (χ0v) is 10.0. The van der Waals surface area contributed by atoms with Crippen LogP contribution in [0.5, 0.6) is 0 Å². The van der Waals surface area contributed by atoms with Crippen LogP contribution in [-0.2, 0) is 0 Å². The van der Waals surface area contributed by atoms with Crippen LogP contribution in [0.2, 0.25) is 0 Å². The maximum Gasteiger partial charge on any atom is 0.251 e. The van der Waals surface area contributed by atoms with Gasteiger partial charge in [0.15, 0.2) is 0 Å². The predicted molar refractivity (Wildman–Crippen MR) is 66.9 cm³/mol. The highest BCUT2D eigenvalue weighted by Crippen LogP contribution is 2.18. The number of fused-ring (bicyclic) bond motifs is 1. The first-order valence-corrected chi connectivity index (χ1v) is 6.30. The Balaban J connectivity index is 2.10. The predicted octanol–water partition coefficient (Wildman–Crippen LogP) is 2.83. The minimum Gasteiger partial charge on any atom is -0.352 e. The lowest BCUT2D eigenvalue weighted by molar-refractivity contribution is 0.0953. The van der Waals surface area contributed by atoms with Crippen molar-refractivity contribution < 1.29 is 4.79 Å². The lowest BCUT2D eigenvalue weighted by Crippen LogP contribution is -2.24. The van der Waals surface area contributed by atoms with Gasteiger partial charge < -0.3 is 5.32 Å². The van der Waals surface area contributed by atoms with Gasteiger partial charge in [0.25, 0.3) is 5.91 Å². The molecule has 1 aromatic heterocycles. The summed E-state index contributed by atoms with van der Waals surface area (Å²) in [4.78, 5) is 15.9. The Labute approximate surface area is 98.5 Å². The quantitative estimate of drug-likeness (QED) is 0.826. The van der Waals surface area contributed by atoms with E-state index in [4.69, 9.17) is 0 Å². The van der Waals surface area contributed by atoms with Gasteiger partial charge in [-0.05, 0) is 24.6 Å². The number of aromatic nitrogens is 1. The van der Waals surface area contributed by atoms with Gasteiger partial charge >= 0.3 is 0 Å². The molecule has 0 radical (unpaired) electrons. The molecule has 3 nitrogen and oxygen atoms in total. The van der Waals surface area contributed by atoms with Crippen LogP contribution in [0.15, 0.2) is 23.7 Å². The molecule has 0 aliphatic rings. The van der Waals surface area contributed by atoms with E-state index >= 15 is 0 Å². The summed E-state index contributed by atoms with van der Waals surface area (Å²) < 4.78 is 1.06. The van der Waals surface area contributed by atoms with Crippen LogP contribution in [-0.4, -0.2) is 17.4 Å². The molecule has 2 rings (SSSR count). The van der Waals surface area contributed by atoms with E-state index in [9.17, 15) is 4.79 Å². The summed E-state index contributed by atoms with van der Waals surface area (Å²) in [7, 11) is 0. The number of benzene rings is 1. The third kappa shape index (κ3) is 2.39. The van der Waals surface area contributed by atoms with Crippen molar-refractivity contribution >= 4 is 27.5 Å². The van der Waals surface area contributed by atoms with Crippen molar-refractivity contribution in [1.29, 1.82) is 0 Å². The minimum absolute atomic E-state index is 0.00347. The van der Waals surface area contributed by atoms with Crippen molar-refractivity contribution in [2.24, 2.45) is 0 Å². The van der Waals surface area contributed by atoms with Gasteiger partial charge in [-0.2, -0.15) is 0 Å². The van der Waals surface area contributed by atoms with E-state index < -0.39 is 0 Å². The Morgan fingerprint density at radius 2 is 2.38 bits per heavy atom. The lowest BCUT2D eigenvalue weighted by atomic mass is 10.2. The Hall–Kier alpha value is -1.42. The molecule has 1 N–H and O–H groups in total. The first-order chi connectivity index (χ1) is 7.81. The average Bonchev–Trinajstić information content (AvgIpc) is 2.76. The number of nitrogens with zero attached hydrogens (tertiary/aromatic N) is 1. The summed E-state index contributed by atoms with van der Waals surface area (Å²) in [5.41, 5.74) is 3.46. The maximum absolute atomic E-state index is 11.8. The largest absolute Gasteiger partial charge is 0.352 e. The molecule has 0 saturated heterocycles. The van der Waals surface area contributed by atoms with Crippen LogP contribution in [0.25, 0.3) is 10.2 Å². The topological polar surface area (TPSA) is 42.0 Å². The fourth-order valence-corrected chi connectivity index (χ4v) is 2.19. The van der Waals surface area contributed by atoms with Gasteiger partial charge in [0, 0.05) is 12.1 Å². The van der Waals surface area contributed by atoms with E-state index in [0.29, 0.717) is 5.56 Å². The van der Waals surface area contributed by atoms with Crippen LogP contribution >= 0.6 is 11.3 Å². The molecule has 2 aromatic rings. The van der Waals surface area contributed by atoms with Crippen molar-refractivity contribution in [3.63, 3.8) is 0 Å². The normalized spacial score (nSPS) is 10.6. The van der Waals surface area contributed by atoms with E-state index in [0.717, 1.165) is 29.6 Å². The van der Waals surface area contributed by atoms with Crippen LogP contribution in [0, 0.1) is 0 Å². The molecule has 1 amide bonds. The molecular weight excluding hydrogens is 220 g/mol. The molecule has 1 heterocycles. The number of thiazole rings is 1. The van der Waals surface area contributed by atoms with Crippen LogP contribution in [0.4, 0.5) is 0 Å². The Bertz CT molecular complexity index is 492. The molecule has 16 heavy (non-hydrogen) atoms.